The summed E-state index contributed by atoms with van der Waals surface area (Å²) >= 11 is 0. The van der Waals surface area contributed by atoms with Crippen molar-refractivity contribution in [2.75, 3.05) is 5.32 Å². The predicted molar refractivity (Wildman–Crippen MR) is 68.7 cm³/mol. The first-order valence-electron chi connectivity index (χ1n) is 5.88. The molecule has 1 atom stereocenters. The lowest BCUT2D eigenvalue weighted by molar-refractivity contribution is -0.116. The van der Waals surface area contributed by atoms with Gasteiger partial charge in [0.25, 0.3) is 0 Å². The maximum Gasteiger partial charge on any atom is 0.226 e. The predicted octanol–water partition coefficient (Wildman–Crippen LogP) is 1.35. The minimum atomic E-state index is -0.104. The molecule has 0 spiro atoms. The number of carbonyl (C=O) groups excluding carboxylic acids is 1. The average molecular weight is 238 g/mol. The van der Waals surface area contributed by atoms with Gasteiger partial charge in [-0.3, -0.25) is 9.48 Å². The summed E-state index contributed by atoms with van der Waals surface area (Å²) in [5.74, 6) is 0.252. The van der Waals surface area contributed by atoms with Gasteiger partial charge in [0.15, 0.2) is 0 Å². The lowest BCUT2D eigenvalue weighted by Gasteiger charge is -2.15. The smallest absolute Gasteiger partial charge is 0.226 e. The molecule has 5 nitrogen and oxygen atoms in total. The van der Waals surface area contributed by atoms with Crippen molar-refractivity contribution in [2.45, 2.75) is 40.2 Å². The molecule has 1 aromatic heterocycles. The Labute approximate surface area is 102 Å². The van der Waals surface area contributed by atoms with E-state index in [9.17, 15) is 4.79 Å². The Bertz CT molecular complexity index is 409. The summed E-state index contributed by atoms with van der Waals surface area (Å²) < 4.78 is 1.76. The first-order valence-corrected chi connectivity index (χ1v) is 5.88. The Balaban J connectivity index is 2.68. The number of nitrogens with two attached hydrogens (primary N) is 1. The summed E-state index contributed by atoms with van der Waals surface area (Å²) in [6, 6.07) is -0.104. The minimum absolute atomic E-state index is 0.0506. The maximum absolute atomic E-state index is 11.8. The highest BCUT2D eigenvalue weighted by Crippen LogP contribution is 2.18. The summed E-state index contributed by atoms with van der Waals surface area (Å²) in [6.45, 7) is 7.83. The molecule has 0 aliphatic carbocycles. The zero-order valence-corrected chi connectivity index (χ0v) is 11.2. The van der Waals surface area contributed by atoms with Crippen molar-refractivity contribution in [1.29, 1.82) is 0 Å². The first kappa shape index (κ1) is 13.7. The molecule has 1 aromatic rings. The second-order valence-corrected chi connectivity index (χ2v) is 4.83. The van der Waals surface area contributed by atoms with E-state index in [0.29, 0.717) is 12.3 Å². The molecule has 0 fully saturated rings. The summed E-state index contributed by atoms with van der Waals surface area (Å²) in [5, 5.41) is 7.13. The Morgan fingerprint density at radius 3 is 2.47 bits per heavy atom. The van der Waals surface area contributed by atoms with E-state index in [1.165, 1.54) is 0 Å². The van der Waals surface area contributed by atoms with Crippen LogP contribution in [-0.2, 0) is 11.8 Å². The molecule has 0 radical (unpaired) electrons. The van der Waals surface area contributed by atoms with Gasteiger partial charge in [-0.05, 0) is 19.8 Å². The molecular weight excluding hydrogens is 216 g/mol. The molecule has 0 aliphatic rings. The summed E-state index contributed by atoms with van der Waals surface area (Å²) in [5.41, 5.74) is 8.45. The van der Waals surface area contributed by atoms with Crippen molar-refractivity contribution in [3.63, 3.8) is 0 Å². The second kappa shape index (κ2) is 5.31. The molecule has 3 N–H and O–H groups in total. The van der Waals surface area contributed by atoms with E-state index in [2.05, 4.69) is 10.4 Å². The van der Waals surface area contributed by atoms with Crippen LogP contribution >= 0.6 is 0 Å². The highest BCUT2D eigenvalue weighted by atomic mass is 16.1. The third-order valence-corrected chi connectivity index (χ3v) is 3.05. The SMILES string of the molecule is Cc1nn(C)c(C)c1NC(=O)CC(N)C(C)C. The largest absolute Gasteiger partial charge is 0.327 e. The van der Waals surface area contributed by atoms with Gasteiger partial charge in [-0.25, -0.2) is 0 Å². The van der Waals surface area contributed by atoms with E-state index >= 15 is 0 Å². The zero-order valence-electron chi connectivity index (χ0n) is 11.2. The van der Waals surface area contributed by atoms with E-state index in [-0.39, 0.29) is 11.9 Å². The fourth-order valence-electron chi connectivity index (χ4n) is 1.59. The Morgan fingerprint density at radius 1 is 1.47 bits per heavy atom. The van der Waals surface area contributed by atoms with E-state index in [1.807, 2.05) is 34.7 Å². The van der Waals surface area contributed by atoms with Crippen LogP contribution in [0, 0.1) is 19.8 Å². The second-order valence-electron chi connectivity index (χ2n) is 4.83. The van der Waals surface area contributed by atoms with Gasteiger partial charge >= 0.3 is 0 Å². The maximum atomic E-state index is 11.8. The number of nitrogens with one attached hydrogen (secondary N) is 1. The molecule has 0 saturated heterocycles. The quantitative estimate of drug-likeness (QED) is 0.831. The van der Waals surface area contributed by atoms with Gasteiger partial charge in [0.05, 0.1) is 17.1 Å². The number of anilines is 1. The monoisotopic (exact) mass is 238 g/mol. The Morgan fingerprint density at radius 2 is 2.06 bits per heavy atom. The third-order valence-electron chi connectivity index (χ3n) is 3.05. The molecule has 0 aromatic carbocycles. The number of nitrogens with zero attached hydrogens (tertiary/aromatic N) is 2. The van der Waals surface area contributed by atoms with E-state index in [4.69, 9.17) is 5.73 Å². The molecule has 1 rings (SSSR count). The topological polar surface area (TPSA) is 72.9 Å². The lowest BCUT2D eigenvalue weighted by atomic mass is 10.0. The van der Waals surface area contributed by atoms with E-state index in [1.54, 1.807) is 4.68 Å². The van der Waals surface area contributed by atoms with Gasteiger partial charge < -0.3 is 11.1 Å². The normalized spacial score (nSPS) is 12.9. The van der Waals surface area contributed by atoms with Crippen LogP contribution in [0.5, 0.6) is 0 Å². The van der Waals surface area contributed by atoms with Gasteiger partial charge in [-0.1, -0.05) is 13.8 Å². The summed E-state index contributed by atoms with van der Waals surface area (Å²) in [6.07, 6.45) is 0.339. The number of amides is 1. The van der Waals surface area contributed by atoms with Gasteiger partial charge in [0.2, 0.25) is 5.91 Å². The number of aryl methyl sites for hydroxylation is 2. The molecule has 17 heavy (non-hydrogen) atoms. The number of aromatic nitrogens is 2. The van der Waals surface area contributed by atoms with Crippen molar-refractivity contribution in [3.8, 4) is 0 Å². The van der Waals surface area contributed by atoms with Crippen LogP contribution in [0.25, 0.3) is 0 Å². The summed E-state index contributed by atoms with van der Waals surface area (Å²) in [4.78, 5) is 11.8. The number of hydrogen-bond donors (Lipinski definition) is 2. The van der Waals surface area contributed by atoms with Crippen molar-refractivity contribution in [1.82, 2.24) is 9.78 Å². The molecule has 5 heteroatoms. The van der Waals surface area contributed by atoms with Crippen molar-refractivity contribution < 1.29 is 4.79 Å². The van der Waals surface area contributed by atoms with Crippen LogP contribution in [0.1, 0.15) is 31.7 Å². The van der Waals surface area contributed by atoms with Crippen LogP contribution in [0.15, 0.2) is 0 Å². The number of hydrogen-bond acceptors (Lipinski definition) is 3. The third kappa shape index (κ3) is 3.30. The Kier molecular flexibility index (Phi) is 4.28. The highest BCUT2D eigenvalue weighted by Gasteiger charge is 2.16. The molecular formula is C12H22N4O. The molecule has 0 aliphatic heterocycles. The number of carbonyl (C=O) groups is 1. The van der Waals surface area contributed by atoms with Gasteiger partial charge in [0, 0.05) is 19.5 Å². The fraction of sp³-hybridized carbons (Fsp3) is 0.667. The molecule has 1 unspecified atom stereocenters. The van der Waals surface area contributed by atoms with Crippen LogP contribution < -0.4 is 11.1 Å². The van der Waals surface area contributed by atoms with Crippen molar-refractivity contribution >= 4 is 11.6 Å². The standard InChI is InChI=1S/C12H22N4O/c1-7(2)10(13)6-11(17)14-12-8(3)15-16(5)9(12)4/h7,10H,6,13H2,1-5H3,(H,14,17). The molecule has 1 amide bonds. The first-order chi connectivity index (χ1) is 7.82. The van der Waals surface area contributed by atoms with Crippen LogP contribution in [0.4, 0.5) is 5.69 Å². The van der Waals surface area contributed by atoms with E-state index < -0.39 is 0 Å². The highest BCUT2D eigenvalue weighted by molar-refractivity contribution is 5.92. The molecule has 1 heterocycles. The zero-order chi connectivity index (χ0) is 13.2. The average Bonchev–Trinajstić information content (AvgIpc) is 2.45. The van der Waals surface area contributed by atoms with Crippen molar-refractivity contribution in [3.05, 3.63) is 11.4 Å². The molecule has 0 bridgehead atoms. The van der Waals surface area contributed by atoms with Crippen LogP contribution in [0.2, 0.25) is 0 Å². The van der Waals surface area contributed by atoms with Crippen LogP contribution in [-0.4, -0.2) is 21.7 Å². The molecule has 0 saturated carbocycles. The molecule has 96 valence electrons. The fourth-order valence-corrected chi connectivity index (χ4v) is 1.59. The van der Waals surface area contributed by atoms with Gasteiger partial charge in [0.1, 0.15) is 0 Å². The van der Waals surface area contributed by atoms with E-state index in [0.717, 1.165) is 17.1 Å². The van der Waals surface area contributed by atoms with Gasteiger partial charge in [-0.15, -0.1) is 0 Å². The summed E-state index contributed by atoms with van der Waals surface area (Å²) in [7, 11) is 1.86. The van der Waals surface area contributed by atoms with Crippen LogP contribution in [0.3, 0.4) is 0 Å². The number of rotatable bonds is 4. The van der Waals surface area contributed by atoms with Crippen molar-refractivity contribution in [2.24, 2.45) is 18.7 Å². The lowest BCUT2D eigenvalue weighted by Crippen LogP contribution is -2.31. The minimum Gasteiger partial charge on any atom is -0.327 e. The van der Waals surface area contributed by atoms with Gasteiger partial charge in [-0.2, -0.15) is 5.10 Å². The Hall–Kier alpha value is -1.36.